The van der Waals surface area contributed by atoms with E-state index in [-0.39, 0.29) is 12.0 Å². The molecule has 4 heteroatoms. The summed E-state index contributed by atoms with van der Waals surface area (Å²) in [4.78, 5) is 11.1. The molecule has 3 atom stereocenters. The van der Waals surface area contributed by atoms with Gasteiger partial charge in [0.15, 0.2) is 0 Å². The number of aliphatic carboxylic acids is 1. The molecule has 2 rings (SSSR count). The van der Waals surface area contributed by atoms with Gasteiger partial charge in [-0.3, -0.25) is 4.79 Å². The molecule has 19 heavy (non-hydrogen) atoms. The fourth-order valence-electron chi connectivity index (χ4n) is 2.76. The Hall–Kier alpha value is -1.55. The van der Waals surface area contributed by atoms with Crippen molar-refractivity contribution in [2.75, 3.05) is 5.32 Å². The van der Waals surface area contributed by atoms with E-state index in [9.17, 15) is 9.90 Å². The molecule has 0 amide bonds. The summed E-state index contributed by atoms with van der Waals surface area (Å²) in [5, 5.41) is 22.2. The molecule has 1 aromatic carbocycles. The summed E-state index contributed by atoms with van der Waals surface area (Å²) >= 11 is 0. The second-order valence-electron chi connectivity index (χ2n) is 5.31. The van der Waals surface area contributed by atoms with E-state index in [4.69, 9.17) is 5.11 Å². The second-order valence-corrected chi connectivity index (χ2v) is 5.31. The van der Waals surface area contributed by atoms with Crippen LogP contribution in [0.4, 0.5) is 5.69 Å². The third-order valence-electron chi connectivity index (χ3n) is 3.79. The molecule has 4 nitrogen and oxygen atoms in total. The van der Waals surface area contributed by atoms with Crippen LogP contribution in [0.25, 0.3) is 0 Å². The highest BCUT2D eigenvalue weighted by Gasteiger charge is 2.27. The van der Waals surface area contributed by atoms with Crippen LogP contribution in [-0.2, 0) is 4.79 Å². The molecule has 3 N–H and O–H groups in total. The number of nitrogens with one attached hydrogen (secondary N) is 1. The number of aliphatic hydroxyl groups excluding tert-OH is 1. The van der Waals surface area contributed by atoms with E-state index in [1.54, 1.807) is 6.92 Å². The molecule has 1 aromatic rings. The predicted octanol–water partition coefficient (Wildman–Crippen LogP) is 2.80. The number of rotatable bonds is 4. The van der Waals surface area contributed by atoms with E-state index in [0.29, 0.717) is 6.42 Å². The average molecular weight is 263 g/mol. The minimum atomic E-state index is -0.699. The number of carboxylic acid groups (broad SMARTS) is 1. The highest BCUT2D eigenvalue weighted by atomic mass is 16.4. The van der Waals surface area contributed by atoms with Gasteiger partial charge in [-0.2, -0.15) is 0 Å². The normalized spacial score (nSPS) is 24.7. The maximum Gasteiger partial charge on any atom is 0.306 e. The van der Waals surface area contributed by atoms with Gasteiger partial charge in [-0.15, -0.1) is 0 Å². The van der Waals surface area contributed by atoms with E-state index in [0.717, 1.165) is 30.5 Å². The number of hydrogen-bond acceptors (Lipinski definition) is 3. The van der Waals surface area contributed by atoms with Crippen molar-refractivity contribution in [3.8, 4) is 0 Å². The molecule has 1 fully saturated rings. The summed E-state index contributed by atoms with van der Waals surface area (Å²) in [6.07, 6.45) is 2.82. The van der Waals surface area contributed by atoms with Crippen LogP contribution in [0.2, 0.25) is 0 Å². The van der Waals surface area contributed by atoms with Crippen LogP contribution in [0.5, 0.6) is 0 Å². The summed E-state index contributed by atoms with van der Waals surface area (Å²) in [7, 11) is 0. The zero-order chi connectivity index (χ0) is 13.8. The molecule has 0 bridgehead atoms. The monoisotopic (exact) mass is 263 g/mol. The quantitative estimate of drug-likeness (QED) is 0.781. The molecule has 1 saturated carbocycles. The SMILES string of the molecule is CC(O)c1ccccc1NC1CCCC(C(=O)O)C1. The molecule has 0 radical (unpaired) electrons. The van der Waals surface area contributed by atoms with Gasteiger partial charge in [0.05, 0.1) is 12.0 Å². The van der Waals surface area contributed by atoms with E-state index in [1.807, 2.05) is 24.3 Å². The zero-order valence-electron chi connectivity index (χ0n) is 11.2. The number of hydrogen-bond donors (Lipinski definition) is 3. The minimum absolute atomic E-state index is 0.176. The maximum absolute atomic E-state index is 11.1. The van der Waals surface area contributed by atoms with Gasteiger partial charge >= 0.3 is 5.97 Å². The third-order valence-corrected chi connectivity index (χ3v) is 3.79. The number of para-hydroxylation sites is 1. The van der Waals surface area contributed by atoms with Crippen LogP contribution in [0, 0.1) is 5.92 Å². The van der Waals surface area contributed by atoms with Crippen LogP contribution in [0.3, 0.4) is 0 Å². The summed E-state index contributed by atoms with van der Waals surface area (Å²) < 4.78 is 0. The van der Waals surface area contributed by atoms with E-state index in [2.05, 4.69) is 5.32 Å². The smallest absolute Gasteiger partial charge is 0.306 e. The number of anilines is 1. The molecule has 0 aromatic heterocycles. The van der Waals surface area contributed by atoms with E-state index >= 15 is 0 Å². The van der Waals surface area contributed by atoms with Gasteiger partial charge in [0.25, 0.3) is 0 Å². The molecule has 1 aliphatic carbocycles. The molecular weight excluding hydrogens is 242 g/mol. The Bertz CT molecular complexity index is 445. The van der Waals surface area contributed by atoms with Crippen molar-refractivity contribution in [3.63, 3.8) is 0 Å². The molecule has 0 saturated heterocycles. The Morgan fingerprint density at radius 1 is 1.37 bits per heavy atom. The fraction of sp³-hybridized carbons (Fsp3) is 0.533. The van der Waals surface area contributed by atoms with Crippen LogP contribution in [0.15, 0.2) is 24.3 Å². The van der Waals surface area contributed by atoms with Gasteiger partial charge in [0, 0.05) is 17.3 Å². The summed E-state index contributed by atoms with van der Waals surface area (Å²) in [5.41, 5.74) is 1.77. The second kappa shape index (κ2) is 6.06. The number of carboxylic acids is 1. The summed E-state index contributed by atoms with van der Waals surface area (Å²) in [6, 6.07) is 7.83. The highest BCUT2D eigenvalue weighted by molar-refractivity contribution is 5.70. The molecular formula is C15H21NO3. The molecule has 0 spiro atoms. The van der Waals surface area contributed by atoms with Gasteiger partial charge in [0.2, 0.25) is 0 Å². The lowest BCUT2D eigenvalue weighted by Gasteiger charge is -2.29. The Morgan fingerprint density at radius 3 is 2.79 bits per heavy atom. The summed E-state index contributed by atoms with van der Waals surface area (Å²) in [5.74, 6) is -0.944. The van der Waals surface area contributed by atoms with E-state index in [1.165, 1.54) is 0 Å². The van der Waals surface area contributed by atoms with Crippen molar-refractivity contribution in [3.05, 3.63) is 29.8 Å². The maximum atomic E-state index is 11.1. The van der Waals surface area contributed by atoms with Crippen LogP contribution in [-0.4, -0.2) is 22.2 Å². The summed E-state index contributed by atoms with van der Waals surface area (Å²) in [6.45, 7) is 1.74. The van der Waals surface area contributed by atoms with Gasteiger partial charge in [-0.25, -0.2) is 0 Å². The third kappa shape index (κ3) is 3.47. The van der Waals surface area contributed by atoms with Crippen molar-refractivity contribution in [2.45, 2.75) is 44.8 Å². The van der Waals surface area contributed by atoms with Crippen LogP contribution >= 0.6 is 0 Å². The topological polar surface area (TPSA) is 69.6 Å². The number of aliphatic hydroxyl groups is 1. The van der Waals surface area contributed by atoms with Gasteiger partial charge < -0.3 is 15.5 Å². The van der Waals surface area contributed by atoms with Crippen molar-refractivity contribution in [2.24, 2.45) is 5.92 Å². The predicted molar refractivity (Wildman–Crippen MR) is 74.1 cm³/mol. The molecule has 3 unspecified atom stereocenters. The highest BCUT2D eigenvalue weighted by Crippen LogP contribution is 2.29. The van der Waals surface area contributed by atoms with Crippen LogP contribution in [0.1, 0.15) is 44.3 Å². The fourth-order valence-corrected chi connectivity index (χ4v) is 2.76. The molecule has 0 heterocycles. The lowest BCUT2D eigenvalue weighted by atomic mass is 9.85. The Kier molecular flexibility index (Phi) is 4.43. The standard InChI is InChI=1S/C15H21NO3/c1-10(17)13-7-2-3-8-14(13)16-12-6-4-5-11(9-12)15(18)19/h2-3,7-8,10-12,16-17H,4-6,9H2,1H3,(H,18,19). The van der Waals surface area contributed by atoms with Gasteiger partial charge in [-0.1, -0.05) is 24.6 Å². The zero-order valence-corrected chi connectivity index (χ0v) is 11.2. The van der Waals surface area contributed by atoms with Crippen molar-refractivity contribution >= 4 is 11.7 Å². The first-order chi connectivity index (χ1) is 9.08. The van der Waals surface area contributed by atoms with Gasteiger partial charge in [0.1, 0.15) is 0 Å². The van der Waals surface area contributed by atoms with E-state index < -0.39 is 12.1 Å². The lowest BCUT2D eigenvalue weighted by molar-refractivity contribution is -0.142. The Balaban J connectivity index is 2.06. The first kappa shape index (κ1) is 13.9. The van der Waals surface area contributed by atoms with Crippen molar-refractivity contribution in [1.82, 2.24) is 0 Å². The molecule has 104 valence electrons. The number of benzene rings is 1. The first-order valence-corrected chi connectivity index (χ1v) is 6.84. The first-order valence-electron chi connectivity index (χ1n) is 6.84. The number of carbonyl (C=O) groups is 1. The van der Waals surface area contributed by atoms with Crippen molar-refractivity contribution in [1.29, 1.82) is 0 Å². The lowest BCUT2D eigenvalue weighted by Crippen LogP contribution is -2.31. The largest absolute Gasteiger partial charge is 0.481 e. The Morgan fingerprint density at radius 2 is 2.11 bits per heavy atom. The van der Waals surface area contributed by atoms with Crippen LogP contribution < -0.4 is 5.32 Å². The molecule has 1 aliphatic rings. The Labute approximate surface area is 113 Å². The molecule has 0 aliphatic heterocycles. The minimum Gasteiger partial charge on any atom is -0.481 e. The van der Waals surface area contributed by atoms with Gasteiger partial charge in [-0.05, 0) is 32.3 Å². The average Bonchev–Trinajstić information content (AvgIpc) is 2.39. The van der Waals surface area contributed by atoms with Crippen molar-refractivity contribution < 1.29 is 15.0 Å².